The second-order valence-electron chi connectivity index (χ2n) is 3.48. The van der Waals surface area contributed by atoms with E-state index in [9.17, 15) is 9.59 Å². The minimum atomic E-state index is -0.591. The third kappa shape index (κ3) is 4.12. The van der Waals surface area contributed by atoms with Gasteiger partial charge in [0, 0.05) is 11.4 Å². The Labute approximate surface area is 99.1 Å². The summed E-state index contributed by atoms with van der Waals surface area (Å²) in [6, 6.07) is 6.09. The third-order valence-corrected chi connectivity index (χ3v) is 1.98. The molecule has 1 aromatic carbocycles. The molecule has 1 rings (SSSR count). The summed E-state index contributed by atoms with van der Waals surface area (Å²) in [6.45, 7) is 1.59. The highest BCUT2D eigenvalue weighted by molar-refractivity contribution is 5.95. The number of hydrogen-bond acceptors (Lipinski definition) is 4. The molecule has 0 radical (unpaired) electrons. The summed E-state index contributed by atoms with van der Waals surface area (Å²) in [5, 5.41) is 5.11. The lowest BCUT2D eigenvalue weighted by Crippen LogP contribution is -2.32. The standard InChI is InChI=1S/C11H15N3O3/c1-7(12)10(15)13-8-4-3-5-9(6-8)14-11(16)17-2/h3-7H,12H2,1-2H3,(H,13,15)(H,14,16). The van der Waals surface area contributed by atoms with Crippen LogP contribution in [0.25, 0.3) is 0 Å². The predicted octanol–water partition coefficient (Wildman–Crippen LogP) is 1.15. The second kappa shape index (κ2) is 5.86. The molecule has 0 bridgehead atoms. The SMILES string of the molecule is COC(=O)Nc1cccc(NC(=O)C(C)N)c1. The molecule has 2 amide bonds. The quantitative estimate of drug-likeness (QED) is 0.735. The zero-order valence-corrected chi connectivity index (χ0v) is 9.69. The van der Waals surface area contributed by atoms with Crippen molar-refractivity contribution in [3.05, 3.63) is 24.3 Å². The summed E-state index contributed by atoms with van der Waals surface area (Å²) in [7, 11) is 1.27. The molecule has 0 heterocycles. The number of hydrogen-bond donors (Lipinski definition) is 3. The Kier molecular flexibility index (Phi) is 4.47. The molecule has 6 nitrogen and oxygen atoms in total. The van der Waals surface area contributed by atoms with Gasteiger partial charge < -0.3 is 15.8 Å². The number of nitrogens with two attached hydrogens (primary N) is 1. The molecule has 6 heteroatoms. The summed E-state index contributed by atoms with van der Waals surface area (Å²) in [6.07, 6.45) is -0.569. The molecule has 0 spiro atoms. The van der Waals surface area contributed by atoms with Crippen LogP contribution in [0.15, 0.2) is 24.3 Å². The van der Waals surface area contributed by atoms with Gasteiger partial charge in [-0.25, -0.2) is 4.79 Å². The third-order valence-electron chi connectivity index (χ3n) is 1.98. The first-order valence-corrected chi connectivity index (χ1v) is 5.04. The van der Waals surface area contributed by atoms with Crippen LogP contribution in [0.3, 0.4) is 0 Å². The fourth-order valence-electron chi connectivity index (χ4n) is 1.10. The van der Waals surface area contributed by atoms with Crippen LogP contribution in [-0.4, -0.2) is 25.2 Å². The van der Waals surface area contributed by atoms with Crippen molar-refractivity contribution in [1.29, 1.82) is 0 Å². The number of carbonyl (C=O) groups is 2. The van der Waals surface area contributed by atoms with E-state index in [0.717, 1.165) is 0 Å². The van der Waals surface area contributed by atoms with Gasteiger partial charge >= 0.3 is 6.09 Å². The molecule has 0 aliphatic carbocycles. The van der Waals surface area contributed by atoms with E-state index in [1.165, 1.54) is 7.11 Å². The maximum atomic E-state index is 11.4. The van der Waals surface area contributed by atoms with Gasteiger partial charge in [-0.15, -0.1) is 0 Å². The molecule has 92 valence electrons. The lowest BCUT2D eigenvalue weighted by Gasteiger charge is -2.09. The molecule has 0 aliphatic rings. The van der Waals surface area contributed by atoms with Crippen LogP contribution in [-0.2, 0) is 9.53 Å². The highest BCUT2D eigenvalue weighted by Crippen LogP contribution is 2.15. The molecule has 1 unspecified atom stereocenters. The maximum absolute atomic E-state index is 11.4. The first-order valence-electron chi connectivity index (χ1n) is 5.04. The van der Waals surface area contributed by atoms with Crippen LogP contribution in [0, 0.1) is 0 Å². The molecule has 4 N–H and O–H groups in total. The normalized spacial score (nSPS) is 11.5. The number of nitrogens with one attached hydrogen (secondary N) is 2. The van der Waals surface area contributed by atoms with Crippen LogP contribution in [0.4, 0.5) is 16.2 Å². The monoisotopic (exact) mass is 237 g/mol. The fraction of sp³-hybridized carbons (Fsp3) is 0.273. The van der Waals surface area contributed by atoms with E-state index in [1.807, 2.05) is 0 Å². The Bertz CT molecular complexity index is 418. The molecule has 0 fully saturated rings. The molecule has 1 aromatic rings. The summed E-state index contributed by atoms with van der Waals surface area (Å²) in [5.41, 5.74) is 6.51. The van der Waals surface area contributed by atoms with E-state index < -0.39 is 12.1 Å². The van der Waals surface area contributed by atoms with Gasteiger partial charge in [0.25, 0.3) is 0 Å². The largest absolute Gasteiger partial charge is 0.453 e. The molecule has 0 aromatic heterocycles. The van der Waals surface area contributed by atoms with Crippen molar-refractivity contribution in [2.75, 3.05) is 17.7 Å². The molecule has 0 saturated heterocycles. The lowest BCUT2D eigenvalue weighted by molar-refractivity contribution is -0.117. The van der Waals surface area contributed by atoms with Gasteiger partial charge in [-0.3, -0.25) is 10.1 Å². The Morgan fingerprint density at radius 3 is 2.41 bits per heavy atom. The van der Waals surface area contributed by atoms with Gasteiger partial charge in [-0.2, -0.15) is 0 Å². The van der Waals surface area contributed by atoms with Crippen molar-refractivity contribution < 1.29 is 14.3 Å². The lowest BCUT2D eigenvalue weighted by atomic mass is 10.2. The van der Waals surface area contributed by atoms with Gasteiger partial charge in [0.05, 0.1) is 13.2 Å². The maximum Gasteiger partial charge on any atom is 0.411 e. The van der Waals surface area contributed by atoms with Crippen LogP contribution >= 0.6 is 0 Å². The fourth-order valence-corrected chi connectivity index (χ4v) is 1.10. The van der Waals surface area contributed by atoms with E-state index >= 15 is 0 Å². The van der Waals surface area contributed by atoms with Crippen molar-refractivity contribution in [2.24, 2.45) is 5.73 Å². The minimum Gasteiger partial charge on any atom is -0.453 e. The van der Waals surface area contributed by atoms with Gasteiger partial charge in [0.15, 0.2) is 0 Å². The smallest absolute Gasteiger partial charge is 0.411 e. The molecule has 1 atom stereocenters. The number of carbonyl (C=O) groups excluding carboxylic acids is 2. The number of rotatable bonds is 3. The number of ether oxygens (including phenoxy) is 1. The highest BCUT2D eigenvalue weighted by Gasteiger charge is 2.08. The van der Waals surface area contributed by atoms with E-state index in [0.29, 0.717) is 11.4 Å². The van der Waals surface area contributed by atoms with Gasteiger partial charge in [-0.05, 0) is 25.1 Å². The average Bonchev–Trinajstić information content (AvgIpc) is 2.29. The van der Waals surface area contributed by atoms with Gasteiger partial charge in [0.2, 0.25) is 5.91 Å². The molecule has 0 aliphatic heterocycles. The molecular formula is C11H15N3O3. The number of amides is 2. The zero-order chi connectivity index (χ0) is 12.8. The average molecular weight is 237 g/mol. The summed E-state index contributed by atoms with van der Waals surface area (Å²) in [5.74, 6) is -0.291. The second-order valence-corrected chi connectivity index (χ2v) is 3.48. The van der Waals surface area contributed by atoms with E-state index in [2.05, 4.69) is 15.4 Å². The molecule has 17 heavy (non-hydrogen) atoms. The van der Waals surface area contributed by atoms with Crippen LogP contribution < -0.4 is 16.4 Å². The topological polar surface area (TPSA) is 93.5 Å². The molecule has 0 saturated carbocycles. The van der Waals surface area contributed by atoms with Crippen LogP contribution in [0.5, 0.6) is 0 Å². The van der Waals surface area contributed by atoms with Crippen molar-refractivity contribution in [2.45, 2.75) is 13.0 Å². The van der Waals surface area contributed by atoms with Crippen molar-refractivity contribution in [3.63, 3.8) is 0 Å². The molecular weight excluding hydrogens is 222 g/mol. The summed E-state index contributed by atoms with van der Waals surface area (Å²) >= 11 is 0. The zero-order valence-electron chi connectivity index (χ0n) is 9.69. The van der Waals surface area contributed by atoms with Gasteiger partial charge in [0.1, 0.15) is 0 Å². The first kappa shape index (κ1) is 13.0. The summed E-state index contributed by atoms with van der Waals surface area (Å²) in [4.78, 5) is 22.3. The van der Waals surface area contributed by atoms with Crippen molar-refractivity contribution in [1.82, 2.24) is 0 Å². The Hall–Kier alpha value is -2.08. The number of anilines is 2. The predicted molar refractivity (Wildman–Crippen MR) is 64.7 cm³/mol. The Morgan fingerprint density at radius 1 is 1.29 bits per heavy atom. The number of methoxy groups -OCH3 is 1. The van der Waals surface area contributed by atoms with Crippen LogP contribution in [0.1, 0.15) is 6.92 Å². The Balaban J connectivity index is 2.72. The van der Waals surface area contributed by atoms with Crippen molar-refractivity contribution >= 4 is 23.4 Å². The first-order chi connectivity index (χ1) is 8.02. The van der Waals surface area contributed by atoms with E-state index in [1.54, 1.807) is 31.2 Å². The van der Waals surface area contributed by atoms with E-state index in [4.69, 9.17) is 5.73 Å². The minimum absolute atomic E-state index is 0.291. The Morgan fingerprint density at radius 2 is 1.88 bits per heavy atom. The number of benzene rings is 1. The van der Waals surface area contributed by atoms with Crippen molar-refractivity contribution in [3.8, 4) is 0 Å². The summed E-state index contributed by atoms with van der Waals surface area (Å²) < 4.78 is 4.46. The highest BCUT2D eigenvalue weighted by atomic mass is 16.5. The van der Waals surface area contributed by atoms with Gasteiger partial charge in [-0.1, -0.05) is 6.07 Å². The van der Waals surface area contributed by atoms with Crippen LogP contribution in [0.2, 0.25) is 0 Å². The van der Waals surface area contributed by atoms with E-state index in [-0.39, 0.29) is 5.91 Å².